The number of hydrogen-bond donors (Lipinski definition) is 2. The Bertz CT molecular complexity index is 86.1. The van der Waals surface area contributed by atoms with E-state index in [1.807, 2.05) is 0 Å². The minimum atomic E-state index is 0.618. The molecule has 0 aliphatic carbocycles. The van der Waals surface area contributed by atoms with E-state index >= 15 is 0 Å². The highest BCUT2D eigenvalue weighted by Gasteiger charge is 1.89. The molecule has 14 heavy (non-hydrogen) atoms. The van der Waals surface area contributed by atoms with Crippen molar-refractivity contribution in [1.82, 2.24) is 11.0 Å². The molecule has 88 valence electrons. The van der Waals surface area contributed by atoms with Gasteiger partial charge in [0.15, 0.2) is 0 Å². The van der Waals surface area contributed by atoms with Gasteiger partial charge >= 0.3 is 0 Å². The van der Waals surface area contributed by atoms with Crippen molar-refractivity contribution >= 4 is 0 Å². The minimum absolute atomic E-state index is 0.618. The van der Waals surface area contributed by atoms with Crippen LogP contribution in [-0.2, 0) is 9.68 Å². The maximum Gasteiger partial charge on any atom is 0.0704 e. The molecule has 4 heteroatoms. The van der Waals surface area contributed by atoms with Crippen LogP contribution in [0.5, 0.6) is 0 Å². The van der Waals surface area contributed by atoms with Gasteiger partial charge in [-0.2, -0.15) is 0 Å². The molecule has 0 bridgehead atoms. The van der Waals surface area contributed by atoms with E-state index in [0.29, 0.717) is 11.8 Å². The van der Waals surface area contributed by atoms with Gasteiger partial charge in [-0.15, -0.1) is 0 Å². The third-order valence-corrected chi connectivity index (χ3v) is 1.12. The maximum atomic E-state index is 4.84. The lowest BCUT2D eigenvalue weighted by molar-refractivity contribution is 0.0392. The molecule has 2 N–H and O–H groups in total. The van der Waals surface area contributed by atoms with Crippen molar-refractivity contribution in [3.63, 3.8) is 0 Å². The van der Waals surface area contributed by atoms with Crippen LogP contribution < -0.4 is 11.0 Å². The second-order valence-electron chi connectivity index (χ2n) is 3.82. The van der Waals surface area contributed by atoms with E-state index in [0.717, 1.165) is 13.2 Å². The van der Waals surface area contributed by atoms with E-state index in [1.165, 1.54) is 0 Å². The molecule has 0 aromatic heterocycles. The Morgan fingerprint density at radius 3 is 1.14 bits per heavy atom. The summed E-state index contributed by atoms with van der Waals surface area (Å²) < 4.78 is 0. The van der Waals surface area contributed by atoms with E-state index in [9.17, 15) is 0 Å². The number of rotatable bonds is 6. The highest BCUT2D eigenvalue weighted by Crippen LogP contribution is 1.88. The van der Waals surface area contributed by atoms with Crippen LogP contribution in [0.1, 0.15) is 27.7 Å². The Balaban J connectivity index is 0. The summed E-state index contributed by atoms with van der Waals surface area (Å²) in [6.45, 7) is 10.0. The zero-order valence-corrected chi connectivity index (χ0v) is 10.4. The second kappa shape index (κ2) is 12.8. The first-order chi connectivity index (χ1) is 6.54. The average molecular weight is 206 g/mol. The monoisotopic (exact) mass is 206 g/mol. The van der Waals surface area contributed by atoms with Crippen LogP contribution in [0.3, 0.4) is 0 Å². The first kappa shape index (κ1) is 16.3. The lowest BCUT2D eigenvalue weighted by Crippen LogP contribution is -2.11. The van der Waals surface area contributed by atoms with Gasteiger partial charge < -0.3 is 9.68 Å². The molecule has 0 heterocycles. The Morgan fingerprint density at radius 1 is 0.786 bits per heavy atom. The minimum Gasteiger partial charge on any atom is -0.302 e. The van der Waals surface area contributed by atoms with Gasteiger partial charge in [0.25, 0.3) is 0 Å². The second-order valence-corrected chi connectivity index (χ2v) is 3.82. The third-order valence-electron chi connectivity index (χ3n) is 1.12. The summed E-state index contributed by atoms with van der Waals surface area (Å²) in [5.41, 5.74) is 5.20. The SMILES string of the molecule is CNOCC(C)C.CNOCC(C)C. The first-order valence-corrected chi connectivity index (χ1v) is 5.11. The van der Waals surface area contributed by atoms with E-state index in [1.54, 1.807) is 14.1 Å². The van der Waals surface area contributed by atoms with Crippen LogP contribution in [-0.4, -0.2) is 27.3 Å². The smallest absolute Gasteiger partial charge is 0.0704 e. The Labute approximate surface area is 88.3 Å². The van der Waals surface area contributed by atoms with Crippen molar-refractivity contribution in [2.75, 3.05) is 27.3 Å². The topological polar surface area (TPSA) is 42.5 Å². The molecule has 0 radical (unpaired) electrons. The van der Waals surface area contributed by atoms with Crippen molar-refractivity contribution in [2.24, 2.45) is 11.8 Å². The molecule has 0 unspecified atom stereocenters. The normalized spacial score (nSPS) is 10.3. The largest absolute Gasteiger partial charge is 0.302 e. The molecular formula is C10H26N2O2. The Morgan fingerprint density at radius 2 is 1.07 bits per heavy atom. The molecule has 0 spiro atoms. The Kier molecular flexibility index (Phi) is 14.9. The molecule has 0 fully saturated rings. The van der Waals surface area contributed by atoms with Gasteiger partial charge in [-0.1, -0.05) is 27.7 Å². The third kappa shape index (κ3) is 22.6. The van der Waals surface area contributed by atoms with Crippen molar-refractivity contribution in [3.05, 3.63) is 0 Å². The maximum absolute atomic E-state index is 4.84. The Hall–Kier alpha value is -0.160. The predicted molar refractivity (Wildman–Crippen MR) is 59.7 cm³/mol. The number of hydrogen-bond acceptors (Lipinski definition) is 4. The average Bonchev–Trinajstić information content (AvgIpc) is 2.12. The van der Waals surface area contributed by atoms with E-state index in [4.69, 9.17) is 9.68 Å². The first-order valence-electron chi connectivity index (χ1n) is 5.11. The molecule has 0 saturated heterocycles. The van der Waals surface area contributed by atoms with E-state index < -0.39 is 0 Å². The summed E-state index contributed by atoms with van der Waals surface area (Å²) >= 11 is 0. The highest BCUT2D eigenvalue weighted by molar-refractivity contribution is 4.35. The lowest BCUT2D eigenvalue weighted by Gasteiger charge is -2.01. The quantitative estimate of drug-likeness (QED) is 0.648. The molecule has 0 aromatic rings. The van der Waals surface area contributed by atoms with Crippen molar-refractivity contribution in [3.8, 4) is 0 Å². The molecule has 0 saturated carbocycles. The molecule has 0 aliphatic rings. The molecule has 0 amide bonds. The fourth-order valence-corrected chi connectivity index (χ4v) is 0.500. The standard InChI is InChI=1S/2C5H13NO/c2*1-5(2)4-7-6-3/h2*5-6H,4H2,1-3H3. The van der Waals surface area contributed by atoms with Gasteiger partial charge in [0.1, 0.15) is 0 Å². The van der Waals surface area contributed by atoms with E-state index in [2.05, 4.69) is 38.7 Å². The van der Waals surface area contributed by atoms with E-state index in [-0.39, 0.29) is 0 Å². The van der Waals surface area contributed by atoms with Crippen molar-refractivity contribution < 1.29 is 9.68 Å². The summed E-state index contributed by atoms with van der Waals surface area (Å²) in [5, 5.41) is 0. The number of hydroxylamine groups is 2. The molecule has 0 aliphatic heterocycles. The van der Waals surface area contributed by atoms with Gasteiger partial charge in [0, 0.05) is 14.1 Å². The van der Waals surface area contributed by atoms with Gasteiger partial charge in [-0.25, -0.2) is 11.0 Å². The van der Waals surface area contributed by atoms with Gasteiger partial charge in [-0.05, 0) is 11.8 Å². The predicted octanol–water partition coefficient (Wildman–Crippen LogP) is 1.59. The highest BCUT2D eigenvalue weighted by atomic mass is 16.6. The fourth-order valence-electron chi connectivity index (χ4n) is 0.500. The van der Waals surface area contributed by atoms with Crippen LogP contribution in [0.4, 0.5) is 0 Å². The summed E-state index contributed by atoms with van der Waals surface area (Å²) in [4.78, 5) is 9.69. The van der Waals surface area contributed by atoms with Crippen LogP contribution in [0, 0.1) is 11.8 Å². The zero-order valence-electron chi connectivity index (χ0n) is 10.4. The summed E-state index contributed by atoms with van der Waals surface area (Å²) in [5.74, 6) is 1.24. The molecular weight excluding hydrogens is 180 g/mol. The summed E-state index contributed by atoms with van der Waals surface area (Å²) in [6, 6.07) is 0. The van der Waals surface area contributed by atoms with Crippen LogP contribution in [0.2, 0.25) is 0 Å². The van der Waals surface area contributed by atoms with Gasteiger partial charge in [0.05, 0.1) is 13.2 Å². The molecule has 4 nitrogen and oxygen atoms in total. The zero-order chi connectivity index (χ0) is 11.4. The van der Waals surface area contributed by atoms with Crippen LogP contribution >= 0.6 is 0 Å². The van der Waals surface area contributed by atoms with Crippen LogP contribution in [0.15, 0.2) is 0 Å². The summed E-state index contributed by atoms with van der Waals surface area (Å²) in [6.07, 6.45) is 0. The van der Waals surface area contributed by atoms with Crippen molar-refractivity contribution in [2.45, 2.75) is 27.7 Å². The van der Waals surface area contributed by atoms with Crippen LogP contribution in [0.25, 0.3) is 0 Å². The van der Waals surface area contributed by atoms with Crippen molar-refractivity contribution in [1.29, 1.82) is 0 Å². The molecule has 0 rings (SSSR count). The molecule has 0 atom stereocenters. The number of nitrogens with one attached hydrogen (secondary N) is 2. The van der Waals surface area contributed by atoms with Gasteiger partial charge in [0.2, 0.25) is 0 Å². The fraction of sp³-hybridized carbons (Fsp3) is 1.00. The van der Waals surface area contributed by atoms with Gasteiger partial charge in [-0.3, -0.25) is 0 Å². The lowest BCUT2D eigenvalue weighted by atomic mass is 10.2. The summed E-state index contributed by atoms with van der Waals surface area (Å²) in [7, 11) is 3.53. The molecule has 0 aromatic carbocycles.